The minimum absolute atomic E-state index is 0.433. The van der Waals surface area contributed by atoms with Gasteiger partial charge in [-0.15, -0.1) is 0 Å². The number of aryl methyl sites for hydroxylation is 1. The topological polar surface area (TPSA) is 38.0 Å². The molecule has 92 valence electrons. The molecular weight excluding hydrogens is 308 g/mol. The summed E-state index contributed by atoms with van der Waals surface area (Å²) in [5.74, 6) is 0. The molecule has 3 N–H and O–H groups in total. The third kappa shape index (κ3) is 3.09. The van der Waals surface area contributed by atoms with Gasteiger partial charge in [-0.1, -0.05) is 28.1 Å². The molecule has 0 saturated heterocycles. The Labute approximate surface area is 120 Å². The first-order valence-electron chi connectivity index (χ1n) is 5.49. The summed E-state index contributed by atoms with van der Waals surface area (Å²) in [6, 6.07) is 14.0. The van der Waals surface area contributed by atoms with Crippen LogP contribution in [-0.2, 0) is 0 Å². The molecule has 18 heavy (non-hydrogen) atoms. The van der Waals surface area contributed by atoms with Crippen LogP contribution in [0.2, 0.25) is 0 Å². The summed E-state index contributed by atoms with van der Waals surface area (Å²) in [6.45, 7) is 2.00. The van der Waals surface area contributed by atoms with E-state index in [1.807, 2.05) is 49.4 Å². The van der Waals surface area contributed by atoms with Gasteiger partial charge in [-0.2, -0.15) is 0 Å². The summed E-state index contributed by atoms with van der Waals surface area (Å²) in [6.07, 6.45) is 0. The maximum atomic E-state index is 5.64. The number of halogens is 1. The van der Waals surface area contributed by atoms with Gasteiger partial charge in [0.2, 0.25) is 0 Å². The van der Waals surface area contributed by atoms with Crippen LogP contribution in [0.25, 0.3) is 0 Å². The van der Waals surface area contributed by atoms with Crippen LogP contribution in [0.5, 0.6) is 0 Å². The van der Waals surface area contributed by atoms with Crippen molar-refractivity contribution in [2.45, 2.75) is 6.92 Å². The first-order chi connectivity index (χ1) is 8.56. The molecule has 2 aromatic rings. The number of nitrogens with two attached hydrogens (primary N) is 1. The van der Waals surface area contributed by atoms with Gasteiger partial charge in [0.25, 0.3) is 0 Å². The summed E-state index contributed by atoms with van der Waals surface area (Å²) >= 11 is 8.40. The van der Waals surface area contributed by atoms with Crippen LogP contribution in [0.15, 0.2) is 46.9 Å². The lowest BCUT2D eigenvalue weighted by molar-refractivity contribution is 1.42. The highest BCUT2D eigenvalue weighted by Gasteiger charge is 2.02. The fourth-order valence-electron chi connectivity index (χ4n) is 1.72. The van der Waals surface area contributed by atoms with E-state index in [1.54, 1.807) is 0 Å². The smallest absolute Gasteiger partial charge is 0.104 e. The van der Waals surface area contributed by atoms with Gasteiger partial charge >= 0.3 is 0 Å². The molecule has 0 aromatic heterocycles. The van der Waals surface area contributed by atoms with Gasteiger partial charge in [-0.3, -0.25) is 0 Å². The largest absolute Gasteiger partial charge is 0.389 e. The fraction of sp³-hybridized carbons (Fsp3) is 0.0714. The van der Waals surface area contributed by atoms with Crippen LogP contribution >= 0.6 is 28.1 Å². The Kier molecular flexibility index (Phi) is 3.99. The second-order valence-electron chi connectivity index (χ2n) is 4.03. The van der Waals surface area contributed by atoms with Crippen LogP contribution < -0.4 is 11.1 Å². The normalized spacial score (nSPS) is 10.1. The molecule has 0 aliphatic heterocycles. The lowest BCUT2D eigenvalue weighted by atomic mass is 10.1. The average molecular weight is 321 g/mol. The monoisotopic (exact) mass is 320 g/mol. The Balaban J connectivity index is 2.22. The number of hydrogen-bond acceptors (Lipinski definition) is 2. The predicted molar refractivity (Wildman–Crippen MR) is 84.5 cm³/mol. The van der Waals surface area contributed by atoms with Crippen molar-refractivity contribution in [2.24, 2.45) is 5.73 Å². The SMILES string of the molecule is Cc1cc(Nc2ccc(Br)cc2)ccc1C(N)=S. The predicted octanol–water partition coefficient (Wildman–Crippen LogP) is 4.14. The van der Waals surface area contributed by atoms with Crippen molar-refractivity contribution in [2.75, 3.05) is 5.32 Å². The van der Waals surface area contributed by atoms with Crippen LogP contribution in [0.1, 0.15) is 11.1 Å². The Morgan fingerprint density at radius 1 is 1.11 bits per heavy atom. The summed E-state index contributed by atoms with van der Waals surface area (Å²) in [4.78, 5) is 0.433. The van der Waals surface area contributed by atoms with E-state index < -0.39 is 0 Å². The molecule has 0 fully saturated rings. The number of benzene rings is 2. The summed E-state index contributed by atoms with van der Waals surface area (Å²) in [5, 5.41) is 3.33. The van der Waals surface area contributed by atoms with Gasteiger partial charge in [0.05, 0.1) is 0 Å². The minimum atomic E-state index is 0.433. The molecule has 4 heteroatoms. The molecule has 0 bridgehead atoms. The van der Waals surface area contributed by atoms with Gasteiger partial charge in [-0.05, 0) is 55.0 Å². The van der Waals surface area contributed by atoms with E-state index >= 15 is 0 Å². The molecule has 0 saturated carbocycles. The third-order valence-corrected chi connectivity index (χ3v) is 3.37. The highest BCUT2D eigenvalue weighted by atomic mass is 79.9. The molecule has 0 atom stereocenters. The van der Waals surface area contributed by atoms with Crippen molar-refractivity contribution in [1.29, 1.82) is 0 Å². The van der Waals surface area contributed by atoms with E-state index in [9.17, 15) is 0 Å². The molecule has 0 heterocycles. The molecular formula is C14H13BrN2S. The van der Waals surface area contributed by atoms with Gasteiger partial charge in [-0.25, -0.2) is 0 Å². The molecule has 0 aliphatic carbocycles. The number of anilines is 2. The Morgan fingerprint density at radius 3 is 2.28 bits per heavy atom. The van der Waals surface area contributed by atoms with Crippen molar-refractivity contribution in [3.63, 3.8) is 0 Å². The second-order valence-corrected chi connectivity index (χ2v) is 5.38. The Morgan fingerprint density at radius 2 is 1.72 bits per heavy atom. The number of rotatable bonds is 3. The van der Waals surface area contributed by atoms with Crippen LogP contribution in [0.4, 0.5) is 11.4 Å². The van der Waals surface area contributed by atoms with Gasteiger partial charge < -0.3 is 11.1 Å². The molecule has 2 aromatic carbocycles. The minimum Gasteiger partial charge on any atom is -0.389 e. The van der Waals surface area contributed by atoms with E-state index in [-0.39, 0.29) is 0 Å². The quantitative estimate of drug-likeness (QED) is 0.835. The highest BCUT2D eigenvalue weighted by Crippen LogP contribution is 2.21. The van der Waals surface area contributed by atoms with Crippen molar-refractivity contribution in [1.82, 2.24) is 0 Å². The zero-order valence-corrected chi connectivity index (χ0v) is 12.3. The van der Waals surface area contributed by atoms with Crippen molar-refractivity contribution < 1.29 is 0 Å². The standard InChI is InChI=1S/C14H13BrN2S/c1-9-8-12(6-7-13(9)14(16)18)17-11-4-2-10(15)3-5-11/h2-8,17H,1H3,(H2,16,18). The fourth-order valence-corrected chi connectivity index (χ4v) is 2.21. The van der Waals surface area contributed by atoms with Crippen LogP contribution in [0.3, 0.4) is 0 Å². The van der Waals surface area contributed by atoms with E-state index in [4.69, 9.17) is 18.0 Å². The van der Waals surface area contributed by atoms with E-state index in [0.717, 1.165) is 27.0 Å². The van der Waals surface area contributed by atoms with Gasteiger partial charge in [0.1, 0.15) is 4.99 Å². The zero-order valence-electron chi connectivity index (χ0n) is 9.91. The first kappa shape index (κ1) is 13.1. The zero-order chi connectivity index (χ0) is 13.1. The molecule has 0 spiro atoms. The molecule has 2 nitrogen and oxygen atoms in total. The van der Waals surface area contributed by atoms with Crippen molar-refractivity contribution in [3.8, 4) is 0 Å². The van der Waals surface area contributed by atoms with Gasteiger partial charge in [0.15, 0.2) is 0 Å². The van der Waals surface area contributed by atoms with Gasteiger partial charge in [0, 0.05) is 21.4 Å². The van der Waals surface area contributed by atoms with E-state index in [1.165, 1.54) is 0 Å². The van der Waals surface area contributed by atoms with Crippen molar-refractivity contribution in [3.05, 3.63) is 58.1 Å². The summed E-state index contributed by atoms with van der Waals surface area (Å²) < 4.78 is 1.06. The second kappa shape index (κ2) is 5.50. The third-order valence-electron chi connectivity index (χ3n) is 2.62. The number of nitrogens with one attached hydrogen (secondary N) is 1. The Bertz CT molecular complexity index is 579. The molecule has 0 radical (unpaired) electrons. The summed E-state index contributed by atoms with van der Waals surface area (Å²) in [5.41, 5.74) is 9.70. The highest BCUT2D eigenvalue weighted by molar-refractivity contribution is 9.10. The molecule has 0 amide bonds. The Hall–Kier alpha value is -1.39. The van der Waals surface area contributed by atoms with E-state index in [0.29, 0.717) is 4.99 Å². The van der Waals surface area contributed by atoms with Crippen LogP contribution in [0, 0.1) is 6.92 Å². The average Bonchev–Trinajstić information content (AvgIpc) is 2.32. The summed E-state index contributed by atoms with van der Waals surface area (Å²) in [7, 11) is 0. The molecule has 2 rings (SSSR count). The maximum absolute atomic E-state index is 5.64. The lowest BCUT2D eigenvalue weighted by Crippen LogP contribution is -2.11. The molecule has 0 aliphatic rings. The molecule has 0 unspecified atom stereocenters. The van der Waals surface area contributed by atoms with Crippen molar-refractivity contribution >= 4 is 44.5 Å². The first-order valence-corrected chi connectivity index (χ1v) is 6.69. The number of hydrogen-bond donors (Lipinski definition) is 2. The van der Waals surface area contributed by atoms with Crippen LogP contribution in [-0.4, -0.2) is 4.99 Å². The van der Waals surface area contributed by atoms with E-state index in [2.05, 4.69) is 21.2 Å². The number of thiocarbonyl (C=S) groups is 1. The maximum Gasteiger partial charge on any atom is 0.104 e. The lowest BCUT2D eigenvalue weighted by Gasteiger charge is -2.10.